The summed E-state index contributed by atoms with van der Waals surface area (Å²) in [6.07, 6.45) is 2.37. The maximum absolute atomic E-state index is 6.02. The lowest BCUT2D eigenvalue weighted by Gasteiger charge is -2.32. The molecule has 4 rings (SSSR count). The molecule has 1 aliphatic rings. The Morgan fingerprint density at radius 2 is 2.18 bits per heavy atom. The quantitative estimate of drug-likeness (QED) is 0.560. The van der Waals surface area contributed by atoms with Gasteiger partial charge in [0.25, 0.3) is 0 Å². The Morgan fingerprint density at radius 3 is 3.00 bits per heavy atom. The molecule has 5 nitrogen and oxygen atoms in total. The van der Waals surface area contributed by atoms with E-state index >= 15 is 0 Å². The van der Waals surface area contributed by atoms with Crippen LogP contribution in [0.2, 0.25) is 0 Å². The number of thiophene rings is 1. The molecule has 0 N–H and O–H groups in total. The van der Waals surface area contributed by atoms with E-state index in [0.29, 0.717) is 5.92 Å². The van der Waals surface area contributed by atoms with Gasteiger partial charge in [0, 0.05) is 36.0 Å². The van der Waals surface area contributed by atoms with Crippen molar-refractivity contribution in [3.8, 4) is 23.0 Å². The van der Waals surface area contributed by atoms with E-state index in [1.807, 2.05) is 42.6 Å². The van der Waals surface area contributed by atoms with E-state index in [2.05, 4.69) is 10.3 Å². The van der Waals surface area contributed by atoms with E-state index in [-0.39, 0.29) is 0 Å². The second-order valence-electron chi connectivity index (χ2n) is 7.27. The van der Waals surface area contributed by atoms with E-state index in [9.17, 15) is 0 Å². The smallest absolute Gasteiger partial charge is 0.227 e. The van der Waals surface area contributed by atoms with Crippen molar-refractivity contribution >= 4 is 11.3 Å². The highest BCUT2D eigenvalue weighted by Gasteiger charge is 2.23. The second-order valence-corrected chi connectivity index (χ2v) is 8.05. The van der Waals surface area contributed by atoms with Crippen LogP contribution in [0.25, 0.3) is 11.5 Å². The van der Waals surface area contributed by atoms with Crippen molar-refractivity contribution in [3.05, 3.63) is 52.5 Å². The minimum Gasteiger partial charge on any atom is -0.497 e. The number of hydrogen-bond acceptors (Lipinski definition) is 6. The molecule has 2 aromatic heterocycles. The Hall–Kier alpha value is -2.31. The van der Waals surface area contributed by atoms with Crippen LogP contribution in [-0.4, -0.2) is 36.7 Å². The number of methoxy groups -OCH3 is 1. The normalized spacial score (nSPS) is 17.6. The van der Waals surface area contributed by atoms with Crippen molar-refractivity contribution in [2.75, 3.05) is 26.8 Å². The lowest BCUT2D eigenvalue weighted by molar-refractivity contribution is 0.123. The van der Waals surface area contributed by atoms with Crippen LogP contribution in [0.4, 0.5) is 0 Å². The van der Waals surface area contributed by atoms with Gasteiger partial charge in [-0.15, -0.1) is 0 Å². The number of ether oxygens (including phenoxy) is 2. The minimum atomic E-state index is 0.517. The predicted molar refractivity (Wildman–Crippen MR) is 111 cm³/mol. The fraction of sp³-hybridized carbons (Fsp3) is 0.409. The lowest BCUT2D eigenvalue weighted by Crippen LogP contribution is -2.37. The summed E-state index contributed by atoms with van der Waals surface area (Å²) in [5.41, 5.74) is 2.10. The summed E-state index contributed by atoms with van der Waals surface area (Å²) in [5.74, 6) is 3.85. The Balaban J connectivity index is 1.34. The van der Waals surface area contributed by atoms with E-state index < -0.39 is 0 Å². The van der Waals surface area contributed by atoms with Gasteiger partial charge in [0.05, 0.1) is 19.4 Å². The number of likely N-dealkylation sites (tertiary alicyclic amines) is 1. The number of rotatable bonds is 7. The van der Waals surface area contributed by atoms with Gasteiger partial charge in [-0.25, -0.2) is 4.98 Å². The molecule has 28 heavy (non-hydrogen) atoms. The van der Waals surface area contributed by atoms with Gasteiger partial charge in [-0.05, 0) is 49.9 Å². The first-order valence-electron chi connectivity index (χ1n) is 9.69. The maximum Gasteiger partial charge on any atom is 0.227 e. The first kappa shape index (κ1) is 19.0. The summed E-state index contributed by atoms with van der Waals surface area (Å²) in [7, 11) is 1.67. The number of aryl methyl sites for hydroxylation is 1. The first-order chi connectivity index (χ1) is 13.7. The molecule has 3 aromatic rings. The molecule has 1 unspecified atom stereocenters. The molecule has 0 amide bonds. The summed E-state index contributed by atoms with van der Waals surface area (Å²) < 4.78 is 17.2. The Kier molecular flexibility index (Phi) is 5.98. The van der Waals surface area contributed by atoms with Gasteiger partial charge < -0.3 is 13.9 Å². The van der Waals surface area contributed by atoms with Gasteiger partial charge in [0.1, 0.15) is 17.3 Å². The fourth-order valence-electron chi connectivity index (χ4n) is 3.63. The van der Waals surface area contributed by atoms with E-state index in [1.54, 1.807) is 18.4 Å². The third kappa shape index (κ3) is 4.56. The van der Waals surface area contributed by atoms with Gasteiger partial charge in [0.15, 0.2) is 0 Å². The highest BCUT2D eigenvalue weighted by Crippen LogP contribution is 2.26. The van der Waals surface area contributed by atoms with Gasteiger partial charge in [0.2, 0.25) is 5.89 Å². The molecule has 0 saturated carbocycles. The summed E-state index contributed by atoms with van der Waals surface area (Å²) in [4.78, 5) is 7.20. The zero-order valence-corrected chi connectivity index (χ0v) is 17.2. The zero-order chi connectivity index (χ0) is 19.3. The molecule has 0 bridgehead atoms. The average Bonchev–Trinajstić information content (AvgIpc) is 3.37. The minimum absolute atomic E-state index is 0.517. The molecule has 1 fully saturated rings. The summed E-state index contributed by atoms with van der Waals surface area (Å²) in [5, 5.41) is 4.12. The third-order valence-electron chi connectivity index (χ3n) is 5.16. The molecule has 1 aromatic carbocycles. The molecule has 6 heteroatoms. The Bertz CT molecular complexity index is 891. The maximum atomic E-state index is 6.02. The van der Waals surface area contributed by atoms with E-state index in [0.717, 1.165) is 60.6 Å². The van der Waals surface area contributed by atoms with Crippen molar-refractivity contribution in [2.45, 2.75) is 26.3 Å². The summed E-state index contributed by atoms with van der Waals surface area (Å²) in [6.45, 7) is 5.67. The number of piperidine rings is 1. The SMILES string of the molecule is COc1cccc(OCC2CCCN(Cc3nc(-c4ccsc4)oc3C)C2)c1. The van der Waals surface area contributed by atoms with Crippen molar-refractivity contribution in [2.24, 2.45) is 5.92 Å². The van der Waals surface area contributed by atoms with Crippen LogP contribution >= 0.6 is 11.3 Å². The molecule has 1 aliphatic heterocycles. The van der Waals surface area contributed by atoms with Gasteiger partial charge in [-0.2, -0.15) is 11.3 Å². The highest BCUT2D eigenvalue weighted by atomic mass is 32.1. The second kappa shape index (κ2) is 8.80. The molecule has 1 atom stereocenters. The number of hydrogen-bond donors (Lipinski definition) is 0. The average molecular weight is 399 g/mol. The zero-order valence-electron chi connectivity index (χ0n) is 16.4. The summed E-state index contributed by atoms with van der Waals surface area (Å²) in [6, 6.07) is 9.85. The van der Waals surface area contributed by atoms with Crippen LogP contribution in [-0.2, 0) is 6.54 Å². The van der Waals surface area contributed by atoms with Crippen molar-refractivity contribution in [3.63, 3.8) is 0 Å². The number of nitrogens with zero attached hydrogens (tertiary/aromatic N) is 2. The predicted octanol–water partition coefficient (Wildman–Crippen LogP) is 5.01. The van der Waals surface area contributed by atoms with E-state index in [4.69, 9.17) is 18.9 Å². The molecule has 148 valence electrons. The topological polar surface area (TPSA) is 47.7 Å². The highest BCUT2D eigenvalue weighted by molar-refractivity contribution is 7.08. The van der Waals surface area contributed by atoms with E-state index in [1.165, 1.54) is 12.8 Å². The van der Waals surface area contributed by atoms with Crippen molar-refractivity contribution in [1.82, 2.24) is 9.88 Å². The van der Waals surface area contributed by atoms with Gasteiger partial charge in [-0.3, -0.25) is 4.90 Å². The number of oxazole rings is 1. The largest absolute Gasteiger partial charge is 0.497 e. The van der Waals surface area contributed by atoms with Crippen LogP contribution < -0.4 is 9.47 Å². The Morgan fingerprint density at radius 1 is 1.29 bits per heavy atom. The van der Waals surface area contributed by atoms with Crippen molar-refractivity contribution in [1.29, 1.82) is 0 Å². The Labute approximate surface area is 169 Å². The van der Waals surface area contributed by atoms with Crippen LogP contribution in [0, 0.1) is 12.8 Å². The van der Waals surface area contributed by atoms with Crippen LogP contribution in [0.3, 0.4) is 0 Å². The molecule has 3 heterocycles. The molecule has 0 aliphatic carbocycles. The first-order valence-corrected chi connectivity index (χ1v) is 10.6. The lowest BCUT2D eigenvalue weighted by atomic mass is 9.99. The molecular formula is C22H26N2O3S. The fourth-order valence-corrected chi connectivity index (χ4v) is 4.26. The number of aromatic nitrogens is 1. The van der Waals surface area contributed by atoms with Gasteiger partial charge >= 0.3 is 0 Å². The third-order valence-corrected chi connectivity index (χ3v) is 5.85. The van der Waals surface area contributed by atoms with Crippen LogP contribution in [0.5, 0.6) is 11.5 Å². The molecular weight excluding hydrogens is 372 g/mol. The molecule has 1 saturated heterocycles. The van der Waals surface area contributed by atoms with Crippen LogP contribution in [0.15, 0.2) is 45.5 Å². The summed E-state index contributed by atoms with van der Waals surface area (Å²) >= 11 is 1.66. The number of benzene rings is 1. The van der Waals surface area contributed by atoms with Crippen molar-refractivity contribution < 1.29 is 13.9 Å². The van der Waals surface area contributed by atoms with Gasteiger partial charge in [-0.1, -0.05) is 6.07 Å². The molecule has 0 spiro atoms. The van der Waals surface area contributed by atoms with Crippen LogP contribution in [0.1, 0.15) is 24.3 Å². The molecule has 0 radical (unpaired) electrons. The standard InChI is InChI=1S/C22H26N2O3S/c1-16-21(23-22(27-16)18-8-10-28-15-18)13-24-9-4-5-17(12-24)14-26-20-7-3-6-19(11-20)25-2/h3,6-8,10-11,15,17H,4-5,9,12-14H2,1-2H3. The monoisotopic (exact) mass is 398 g/mol.